The third-order valence-corrected chi connectivity index (χ3v) is 11.1. The van der Waals surface area contributed by atoms with E-state index in [2.05, 4.69) is 16.0 Å². The molecule has 5 atom stereocenters. The van der Waals surface area contributed by atoms with E-state index in [1.165, 1.54) is 0 Å². The van der Waals surface area contributed by atoms with Gasteiger partial charge in [-0.15, -0.1) is 0 Å². The van der Waals surface area contributed by atoms with E-state index in [9.17, 15) is 29.1 Å². The summed E-state index contributed by atoms with van der Waals surface area (Å²) < 4.78 is 0. The fraction of sp³-hybridized carbons (Fsp3) is 0.629. The molecular formula is C35H47N5O6. The zero-order chi connectivity index (χ0) is 32.5. The quantitative estimate of drug-likeness (QED) is 0.353. The molecule has 0 bridgehead atoms. The van der Waals surface area contributed by atoms with Crippen LogP contribution in [0.1, 0.15) is 93.5 Å². The summed E-state index contributed by atoms with van der Waals surface area (Å²) in [6, 6.07) is 6.14. The molecule has 11 heteroatoms. The number of aliphatic carboxylic acids is 1. The number of hydrogen-bond acceptors (Lipinski definition) is 5. The number of urea groups is 1. The molecule has 2 unspecified atom stereocenters. The van der Waals surface area contributed by atoms with Crippen LogP contribution in [0.15, 0.2) is 36.4 Å². The van der Waals surface area contributed by atoms with Crippen molar-refractivity contribution < 1.29 is 29.1 Å². The molecule has 46 heavy (non-hydrogen) atoms. The van der Waals surface area contributed by atoms with Gasteiger partial charge in [-0.1, -0.05) is 49.6 Å². The van der Waals surface area contributed by atoms with Gasteiger partial charge in [-0.25, -0.2) is 9.59 Å². The Balaban J connectivity index is 1.16. The zero-order valence-electron chi connectivity index (χ0n) is 26.8. The van der Waals surface area contributed by atoms with Crippen molar-refractivity contribution in [3.05, 3.63) is 47.5 Å². The van der Waals surface area contributed by atoms with Gasteiger partial charge in [0.05, 0.1) is 6.04 Å². The number of benzene rings is 1. The van der Waals surface area contributed by atoms with Crippen LogP contribution in [0.5, 0.6) is 0 Å². The van der Waals surface area contributed by atoms with Crippen molar-refractivity contribution in [1.82, 2.24) is 25.8 Å². The van der Waals surface area contributed by atoms with Gasteiger partial charge in [-0.2, -0.15) is 0 Å². The third kappa shape index (κ3) is 6.25. The molecule has 0 aromatic heterocycles. The summed E-state index contributed by atoms with van der Waals surface area (Å²) in [6.45, 7) is 3.06. The van der Waals surface area contributed by atoms with E-state index in [4.69, 9.17) is 0 Å². The molecule has 11 nitrogen and oxygen atoms in total. The molecule has 4 N–H and O–H groups in total. The number of carbonyl (C=O) groups is 5. The molecular weight excluding hydrogens is 586 g/mol. The van der Waals surface area contributed by atoms with Gasteiger partial charge in [0.1, 0.15) is 17.1 Å². The highest BCUT2D eigenvalue weighted by molar-refractivity contribution is 5.98. The molecule has 1 aromatic carbocycles. The van der Waals surface area contributed by atoms with Crippen LogP contribution in [0.3, 0.4) is 0 Å². The highest BCUT2D eigenvalue weighted by atomic mass is 16.4. The molecule has 5 amide bonds. The second-order valence-corrected chi connectivity index (χ2v) is 14.1. The van der Waals surface area contributed by atoms with Crippen LogP contribution >= 0.6 is 0 Å². The Kier molecular flexibility index (Phi) is 9.12. The lowest BCUT2D eigenvalue weighted by Gasteiger charge is -2.39. The number of nitrogens with one attached hydrogen (secondary N) is 3. The minimum Gasteiger partial charge on any atom is -0.479 e. The standard InChI is InChI=1S/C35H47N5O6/c1-34-18-10-19-40(34)30(42)27(16-6-4-2-3-5-14-25-21-35(25,32(44)45)38-31(34)43)36-33(46)37-28(24-12-9-13-24)22-39-20-17-23-11-7-8-15-26(23)29(39)41/h5,7-8,11,14-15,24-25,27-28H,2-4,6,9-10,12-13,16-22H2,1H3,(H,38,43)(H,44,45)(H2,36,37,46)/b14-5-/t25?,27-,28+,34?,35+/m0/s1. The lowest BCUT2D eigenvalue weighted by Crippen LogP contribution is -2.63. The Bertz CT molecular complexity index is 1410. The molecule has 1 saturated heterocycles. The fourth-order valence-corrected chi connectivity index (χ4v) is 7.76. The highest BCUT2D eigenvalue weighted by Crippen LogP contribution is 2.46. The Morgan fingerprint density at radius 3 is 2.61 bits per heavy atom. The van der Waals surface area contributed by atoms with E-state index in [1.54, 1.807) is 11.8 Å². The number of amides is 5. The molecule has 3 heterocycles. The first-order chi connectivity index (χ1) is 22.1. The summed E-state index contributed by atoms with van der Waals surface area (Å²) in [5.41, 5.74) is -0.802. The van der Waals surface area contributed by atoms with Gasteiger partial charge in [0.15, 0.2) is 0 Å². The van der Waals surface area contributed by atoms with Crippen molar-refractivity contribution in [2.45, 2.75) is 107 Å². The number of nitrogens with zero attached hydrogens (tertiary/aromatic N) is 2. The van der Waals surface area contributed by atoms with E-state index < -0.39 is 35.0 Å². The van der Waals surface area contributed by atoms with Crippen LogP contribution in [-0.2, 0) is 20.8 Å². The smallest absolute Gasteiger partial charge is 0.330 e. The van der Waals surface area contributed by atoms with Gasteiger partial charge in [0, 0.05) is 31.1 Å². The van der Waals surface area contributed by atoms with Crippen LogP contribution in [0.4, 0.5) is 4.79 Å². The molecule has 3 fully saturated rings. The summed E-state index contributed by atoms with van der Waals surface area (Å²) in [5, 5.41) is 18.9. The summed E-state index contributed by atoms with van der Waals surface area (Å²) in [7, 11) is 0. The average Bonchev–Trinajstić information content (AvgIpc) is 3.56. The molecule has 3 aliphatic heterocycles. The number of allylic oxidation sites excluding steroid dienone is 1. The SMILES string of the molecule is CC12CCCN1C(=O)[C@@H](NC(=O)N[C@H](CN1CCc3ccccc3C1=O)C1CCC1)CCCCC/C=C\C1C[C@@]1(C(=O)O)NC2=O. The maximum Gasteiger partial charge on any atom is 0.330 e. The number of carboxylic acids is 1. The van der Waals surface area contributed by atoms with Crippen LogP contribution in [0, 0.1) is 11.8 Å². The second kappa shape index (κ2) is 13.1. The lowest BCUT2D eigenvalue weighted by atomic mass is 9.79. The largest absolute Gasteiger partial charge is 0.479 e. The first kappa shape index (κ1) is 32.1. The van der Waals surface area contributed by atoms with Crippen molar-refractivity contribution in [3.8, 4) is 0 Å². The first-order valence-electron chi connectivity index (χ1n) is 17.1. The minimum atomic E-state index is -1.35. The van der Waals surface area contributed by atoms with Gasteiger partial charge in [0.25, 0.3) is 5.91 Å². The van der Waals surface area contributed by atoms with Crippen LogP contribution in [-0.4, -0.2) is 87.4 Å². The van der Waals surface area contributed by atoms with E-state index in [1.807, 2.05) is 41.3 Å². The van der Waals surface area contributed by atoms with Crippen molar-refractivity contribution >= 4 is 29.7 Å². The molecule has 0 spiro atoms. The average molecular weight is 634 g/mol. The maximum atomic E-state index is 14.1. The predicted octanol–water partition coefficient (Wildman–Crippen LogP) is 3.38. The maximum absolute atomic E-state index is 14.1. The topological polar surface area (TPSA) is 148 Å². The highest BCUT2D eigenvalue weighted by Gasteiger charge is 2.62. The van der Waals surface area contributed by atoms with Gasteiger partial charge in [0.2, 0.25) is 11.8 Å². The second-order valence-electron chi connectivity index (χ2n) is 14.1. The van der Waals surface area contributed by atoms with E-state index in [0.29, 0.717) is 50.9 Å². The number of carbonyl (C=O) groups excluding carboxylic acids is 4. The summed E-state index contributed by atoms with van der Waals surface area (Å²) in [5.74, 6) is -1.89. The summed E-state index contributed by atoms with van der Waals surface area (Å²) in [6.07, 6.45) is 12.7. The fourth-order valence-electron chi connectivity index (χ4n) is 7.76. The van der Waals surface area contributed by atoms with Gasteiger partial charge < -0.3 is 30.9 Å². The van der Waals surface area contributed by atoms with Gasteiger partial charge >= 0.3 is 12.0 Å². The molecule has 2 aliphatic carbocycles. The molecule has 0 radical (unpaired) electrons. The van der Waals surface area contributed by atoms with Crippen LogP contribution in [0.2, 0.25) is 0 Å². The predicted molar refractivity (Wildman–Crippen MR) is 171 cm³/mol. The Hall–Kier alpha value is -3.89. The Labute approximate surface area is 270 Å². The van der Waals surface area contributed by atoms with Gasteiger partial charge in [-0.05, 0) is 82.3 Å². The molecule has 5 aliphatic rings. The number of hydrogen-bond donors (Lipinski definition) is 4. The Morgan fingerprint density at radius 2 is 1.85 bits per heavy atom. The Morgan fingerprint density at radius 1 is 1.04 bits per heavy atom. The summed E-state index contributed by atoms with van der Waals surface area (Å²) >= 11 is 0. The molecule has 1 aromatic rings. The molecule has 6 rings (SSSR count). The van der Waals surface area contributed by atoms with E-state index in [-0.39, 0.29) is 29.7 Å². The molecule has 2 saturated carbocycles. The minimum absolute atomic E-state index is 0.0194. The van der Waals surface area contributed by atoms with Crippen LogP contribution < -0.4 is 16.0 Å². The normalized spacial score (nSPS) is 31.5. The van der Waals surface area contributed by atoms with Crippen LogP contribution in [0.25, 0.3) is 0 Å². The van der Waals surface area contributed by atoms with Gasteiger partial charge in [-0.3, -0.25) is 14.4 Å². The van der Waals surface area contributed by atoms with E-state index in [0.717, 1.165) is 56.9 Å². The van der Waals surface area contributed by atoms with Crippen molar-refractivity contribution in [2.24, 2.45) is 11.8 Å². The van der Waals surface area contributed by atoms with E-state index >= 15 is 0 Å². The van der Waals surface area contributed by atoms with Crippen molar-refractivity contribution in [2.75, 3.05) is 19.6 Å². The zero-order valence-corrected chi connectivity index (χ0v) is 26.8. The number of rotatable bonds is 6. The number of fused-ring (bicyclic) bond motifs is 3. The molecule has 248 valence electrons. The van der Waals surface area contributed by atoms with Crippen molar-refractivity contribution in [1.29, 1.82) is 0 Å². The summed E-state index contributed by atoms with van der Waals surface area (Å²) in [4.78, 5) is 70.4. The first-order valence-corrected chi connectivity index (χ1v) is 17.1. The third-order valence-electron chi connectivity index (χ3n) is 11.1. The monoisotopic (exact) mass is 633 g/mol. The lowest BCUT2D eigenvalue weighted by molar-refractivity contribution is -0.149. The number of carboxylic acid groups (broad SMARTS) is 1. The van der Waals surface area contributed by atoms with Crippen molar-refractivity contribution in [3.63, 3.8) is 0 Å².